The average Bonchev–Trinajstić information content (AvgIpc) is 2.57. The summed E-state index contributed by atoms with van der Waals surface area (Å²) in [7, 11) is 0. The Kier molecular flexibility index (Phi) is 7.03. The Balaban J connectivity index is 1.89. The number of aliphatic hydroxyl groups is 1. The summed E-state index contributed by atoms with van der Waals surface area (Å²) in [6.45, 7) is 6.12. The molecular weight excluding hydrogens is 305 g/mol. The van der Waals surface area contributed by atoms with Crippen LogP contribution in [0.5, 0.6) is 0 Å². The van der Waals surface area contributed by atoms with Gasteiger partial charge in [-0.3, -0.25) is 4.99 Å². The van der Waals surface area contributed by atoms with E-state index in [4.69, 9.17) is 0 Å². The third kappa shape index (κ3) is 5.20. The number of nitrogens with one attached hydrogen (secondary N) is 2. The Morgan fingerprint density at radius 2 is 2.12 bits per heavy atom. The van der Waals surface area contributed by atoms with Crippen LogP contribution in [0, 0.1) is 11.2 Å². The van der Waals surface area contributed by atoms with Crippen molar-refractivity contribution in [1.82, 2.24) is 10.6 Å². The van der Waals surface area contributed by atoms with Crippen LogP contribution in [0.4, 0.5) is 4.39 Å². The summed E-state index contributed by atoms with van der Waals surface area (Å²) >= 11 is 0. The lowest BCUT2D eigenvalue weighted by molar-refractivity contribution is 0.00716. The van der Waals surface area contributed by atoms with Crippen molar-refractivity contribution in [2.45, 2.75) is 52.1 Å². The van der Waals surface area contributed by atoms with Crippen LogP contribution >= 0.6 is 0 Å². The van der Waals surface area contributed by atoms with Gasteiger partial charge in [0.05, 0.1) is 12.6 Å². The lowest BCUT2D eigenvalue weighted by Gasteiger charge is -2.37. The molecule has 0 bridgehead atoms. The second-order valence-electron chi connectivity index (χ2n) is 6.88. The van der Waals surface area contributed by atoms with Gasteiger partial charge in [-0.05, 0) is 37.8 Å². The summed E-state index contributed by atoms with van der Waals surface area (Å²) < 4.78 is 13.6. The number of rotatable bonds is 6. The van der Waals surface area contributed by atoms with Gasteiger partial charge >= 0.3 is 0 Å². The first kappa shape index (κ1) is 18.7. The van der Waals surface area contributed by atoms with E-state index in [1.165, 1.54) is 6.07 Å². The first-order chi connectivity index (χ1) is 11.5. The molecule has 24 heavy (non-hydrogen) atoms. The molecule has 0 heterocycles. The quantitative estimate of drug-likeness (QED) is 0.553. The minimum atomic E-state index is -0.281. The van der Waals surface area contributed by atoms with Crippen LogP contribution in [0.3, 0.4) is 0 Å². The average molecular weight is 335 g/mol. The van der Waals surface area contributed by atoms with Crippen LogP contribution in [-0.4, -0.2) is 36.8 Å². The molecule has 0 aromatic heterocycles. The van der Waals surface area contributed by atoms with Crippen molar-refractivity contribution in [3.05, 3.63) is 35.6 Å². The highest BCUT2D eigenvalue weighted by Gasteiger charge is 2.35. The summed E-state index contributed by atoms with van der Waals surface area (Å²) in [5.41, 5.74) is 0.557. The molecule has 1 aliphatic carbocycles. The molecule has 1 fully saturated rings. The highest BCUT2D eigenvalue weighted by molar-refractivity contribution is 5.79. The standard InChI is InChI=1S/C19H30FN3O/c1-3-21-18(22-13-11-15-8-4-5-9-16(15)20)23-14-19(2)12-7-6-10-17(19)24/h4-5,8-9,17,24H,3,6-7,10-14H2,1-2H3,(H2,21,22,23). The molecule has 134 valence electrons. The molecule has 0 amide bonds. The Bertz CT molecular complexity index is 549. The molecule has 2 unspecified atom stereocenters. The van der Waals surface area contributed by atoms with E-state index in [0.717, 1.165) is 38.2 Å². The van der Waals surface area contributed by atoms with E-state index in [0.29, 0.717) is 25.1 Å². The Hall–Kier alpha value is -1.62. The van der Waals surface area contributed by atoms with Gasteiger partial charge in [-0.1, -0.05) is 38.0 Å². The van der Waals surface area contributed by atoms with Crippen LogP contribution in [0.15, 0.2) is 29.3 Å². The molecular formula is C19H30FN3O. The number of aliphatic hydroxyl groups excluding tert-OH is 1. The lowest BCUT2D eigenvalue weighted by Crippen LogP contribution is -2.42. The second-order valence-corrected chi connectivity index (χ2v) is 6.88. The van der Waals surface area contributed by atoms with Crippen LogP contribution < -0.4 is 10.6 Å². The first-order valence-electron chi connectivity index (χ1n) is 8.99. The van der Waals surface area contributed by atoms with Gasteiger partial charge < -0.3 is 15.7 Å². The molecule has 1 aliphatic rings. The first-order valence-corrected chi connectivity index (χ1v) is 8.99. The Labute approximate surface area is 144 Å². The van der Waals surface area contributed by atoms with Crippen molar-refractivity contribution < 1.29 is 9.50 Å². The fourth-order valence-electron chi connectivity index (χ4n) is 3.18. The fraction of sp³-hybridized carbons (Fsp3) is 0.632. The highest BCUT2D eigenvalue weighted by atomic mass is 19.1. The van der Waals surface area contributed by atoms with E-state index >= 15 is 0 Å². The van der Waals surface area contributed by atoms with E-state index in [2.05, 4.69) is 22.5 Å². The number of benzene rings is 1. The SMILES string of the molecule is CCNC(=NCC1(C)CCCCC1O)NCCc1ccccc1F. The van der Waals surface area contributed by atoms with Crippen molar-refractivity contribution in [3.63, 3.8) is 0 Å². The number of aliphatic imine (C=N–C) groups is 1. The maximum Gasteiger partial charge on any atom is 0.191 e. The van der Waals surface area contributed by atoms with Crippen LogP contribution in [0.2, 0.25) is 0 Å². The topological polar surface area (TPSA) is 56.7 Å². The summed E-state index contributed by atoms with van der Waals surface area (Å²) in [4.78, 5) is 4.65. The van der Waals surface area contributed by atoms with E-state index in [1.807, 2.05) is 13.0 Å². The zero-order valence-corrected chi connectivity index (χ0v) is 14.8. The van der Waals surface area contributed by atoms with Crippen molar-refractivity contribution in [1.29, 1.82) is 0 Å². The zero-order chi connectivity index (χ0) is 17.4. The smallest absolute Gasteiger partial charge is 0.191 e. The third-order valence-corrected chi connectivity index (χ3v) is 4.87. The minimum Gasteiger partial charge on any atom is -0.392 e. The van der Waals surface area contributed by atoms with Crippen molar-refractivity contribution in [2.24, 2.45) is 10.4 Å². The van der Waals surface area contributed by atoms with Gasteiger partial charge in [-0.2, -0.15) is 0 Å². The number of hydrogen-bond acceptors (Lipinski definition) is 2. The molecule has 5 heteroatoms. The summed E-state index contributed by atoms with van der Waals surface area (Å²) in [6.07, 6.45) is 4.45. The molecule has 1 aromatic carbocycles. The van der Waals surface area contributed by atoms with Gasteiger partial charge in [0.1, 0.15) is 5.82 Å². The second kappa shape index (κ2) is 9.02. The van der Waals surface area contributed by atoms with E-state index < -0.39 is 0 Å². The van der Waals surface area contributed by atoms with E-state index in [1.54, 1.807) is 12.1 Å². The van der Waals surface area contributed by atoms with Gasteiger partial charge in [-0.15, -0.1) is 0 Å². The van der Waals surface area contributed by atoms with E-state index in [9.17, 15) is 9.50 Å². The summed E-state index contributed by atoms with van der Waals surface area (Å²) in [5, 5.41) is 16.8. The third-order valence-electron chi connectivity index (χ3n) is 4.87. The predicted octanol–water partition coefficient (Wildman–Crippen LogP) is 2.86. The normalized spacial score (nSPS) is 24.7. The molecule has 1 aromatic rings. The molecule has 0 saturated heterocycles. The fourth-order valence-corrected chi connectivity index (χ4v) is 3.18. The van der Waals surface area contributed by atoms with Gasteiger partial charge in [0, 0.05) is 18.5 Å². The van der Waals surface area contributed by atoms with Crippen LogP contribution in [-0.2, 0) is 6.42 Å². The van der Waals surface area contributed by atoms with Gasteiger partial charge in [-0.25, -0.2) is 4.39 Å². The lowest BCUT2D eigenvalue weighted by atomic mass is 9.73. The number of guanidine groups is 1. The van der Waals surface area contributed by atoms with Crippen LogP contribution in [0.25, 0.3) is 0 Å². The molecule has 0 radical (unpaired) electrons. The number of halogens is 1. The van der Waals surface area contributed by atoms with Gasteiger partial charge in [0.25, 0.3) is 0 Å². The minimum absolute atomic E-state index is 0.147. The molecule has 1 saturated carbocycles. The maximum absolute atomic E-state index is 13.6. The molecule has 4 nitrogen and oxygen atoms in total. The summed E-state index contributed by atoms with van der Waals surface area (Å²) in [6, 6.07) is 6.84. The number of nitrogens with zero attached hydrogens (tertiary/aromatic N) is 1. The van der Waals surface area contributed by atoms with Crippen molar-refractivity contribution in [3.8, 4) is 0 Å². The van der Waals surface area contributed by atoms with Gasteiger partial charge in [0.15, 0.2) is 5.96 Å². The largest absolute Gasteiger partial charge is 0.392 e. The Morgan fingerprint density at radius 1 is 1.33 bits per heavy atom. The predicted molar refractivity (Wildman–Crippen MR) is 96.7 cm³/mol. The molecule has 0 spiro atoms. The molecule has 2 atom stereocenters. The molecule has 0 aliphatic heterocycles. The zero-order valence-electron chi connectivity index (χ0n) is 14.8. The maximum atomic E-state index is 13.6. The van der Waals surface area contributed by atoms with Gasteiger partial charge in [0.2, 0.25) is 0 Å². The van der Waals surface area contributed by atoms with Crippen LogP contribution in [0.1, 0.15) is 45.1 Å². The monoisotopic (exact) mass is 335 g/mol. The molecule has 2 rings (SSSR count). The number of hydrogen-bond donors (Lipinski definition) is 3. The van der Waals surface area contributed by atoms with Crippen molar-refractivity contribution in [2.75, 3.05) is 19.6 Å². The van der Waals surface area contributed by atoms with E-state index in [-0.39, 0.29) is 17.3 Å². The Morgan fingerprint density at radius 3 is 2.83 bits per heavy atom. The summed E-state index contributed by atoms with van der Waals surface area (Å²) in [5.74, 6) is 0.562. The molecule has 3 N–H and O–H groups in total. The highest BCUT2D eigenvalue weighted by Crippen LogP contribution is 2.36. The van der Waals surface area contributed by atoms with Crippen molar-refractivity contribution >= 4 is 5.96 Å².